The van der Waals surface area contributed by atoms with Crippen molar-refractivity contribution in [2.24, 2.45) is 0 Å². The highest BCUT2D eigenvalue weighted by atomic mass is 35.5. The van der Waals surface area contributed by atoms with Gasteiger partial charge < -0.3 is 15.2 Å². The summed E-state index contributed by atoms with van der Waals surface area (Å²) in [6.07, 6.45) is 5.70. The van der Waals surface area contributed by atoms with Crippen molar-refractivity contribution in [3.05, 3.63) is 58.0 Å². The van der Waals surface area contributed by atoms with Crippen molar-refractivity contribution < 1.29 is 14.6 Å². The normalized spacial score (nSPS) is 16.3. The predicted octanol–water partition coefficient (Wildman–Crippen LogP) is 3.60. The summed E-state index contributed by atoms with van der Waals surface area (Å²) >= 11 is 6.39. The molecule has 2 aliphatic carbocycles. The number of hydrogen-bond acceptors (Lipinski definition) is 6. The molecule has 7 heteroatoms. The number of methoxy groups -OCH3 is 1. The zero-order chi connectivity index (χ0) is 19.7. The standard InChI is InChI=1S/C21H22ClN3O3/c1-28-21(27)18-17(22)20(25-19(24-18)13-7-8-13)23-15(11-26)10-14-9-6-12-4-2-3-5-16(12)14/h2-5,9,13,15,26H,6-8,10-11H2,1H3,(H,23,24,25)/t15-/m0/s1. The fourth-order valence-corrected chi connectivity index (χ4v) is 3.70. The number of aliphatic hydroxyl groups excluding tert-OH is 1. The summed E-state index contributed by atoms with van der Waals surface area (Å²) in [5, 5.41) is 13.3. The van der Waals surface area contributed by atoms with Crippen LogP contribution in [0.1, 0.15) is 52.6 Å². The molecule has 0 bridgehead atoms. The van der Waals surface area contributed by atoms with Gasteiger partial charge in [0.25, 0.3) is 0 Å². The second kappa shape index (κ2) is 7.89. The second-order valence-electron chi connectivity index (χ2n) is 7.18. The van der Waals surface area contributed by atoms with Gasteiger partial charge in [-0.2, -0.15) is 0 Å². The Morgan fingerprint density at radius 1 is 1.36 bits per heavy atom. The van der Waals surface area contributed by atoms with Crippen LogP contribution in [0.4, 0.5) is 5.82 Å². The Hall–Kier alpha value is -2.44. The first-order valence-corrected chi connectivity index (χ1v) is 9.79. The first kappa shape index (κ1) is 18.9. The molecule has 0 unspecified atom stereocenters. The number of anilines is 1. The maximum atomic E-state index is 12.1. The molecule has 1 heterocycles. The van der Waals surface area contributed by atoms with Crippen LogP contribution in [-0.4, -0.2) is 40.8 Å². The van der Waals surface area contributed by atoms with E-state index in [4.69, 9.17) is 16.3 Å². The van der Waals surface area contributed by atoms with Gasteiger partial charge in [0, 0.05) is 5.92 Å². The summed E-state index contributed by atoms with van der Waals surface area (Å²) < 4.78 is 4.81. The number of aromatic nitrogens is 2. The van der Waals surface area contributed by atoms with Gasteiger partial charge in [-0.15, -0.1) is 0 Å². The van der Waals surface area contributed by atoms with E-state index in [0.29, 0.717) is 18.1 Å². The van der Waals surface area contributed by atoms with Crippen LogP contribution in [0.2, 0.25) is 5.02 Å². The molecular formula is C21H22ClN3O3. The molecule has 2 aliphatic rings. The molecular weight excluding hydrogens is 378 g/mol. The van der Waals surface area contributed by atoms with Crippen molar-refractivity contribution >= 4 is 29.0 Å². The topological polar surface area (TPSA) is 84.3 Å². The average Bonchev–Trinajstić information content (AvgIpc) is 3.49. The number of ether oxygens (including phenoxy) is 1. The van der Waals surface area contributed by atoms with Crippen molar-refractivity contribution in [2.45, 2.75) is 37.6 Å². The summed E-state index contributed by atoms with van der Waals surface area (Å²) in [5.74, 6) is 0.614. The van der Waals surface area contributed by atoms with Gasteiger partial charge in [-0.05, 0) is 42.4 Å². The molecule has 0 amide bonds. The van der Waals surface area contributed by atoms with E-state index in [2.05, 4.69) is 33.5 Å². The number of halogens is 1. The van der Waals surface area contributed by atoms with Gasteiger partial charge in [0.05, 0.1) is 19.8 Å². The fourth-order valence-electron chi connectivity index (χ4n) is 3.48. The number of allylic oxidation sites excluding steroid dienone is 1. The van der Waals surface area contributed by atoms with E-state index in [-0.39, 0.29) is 29.3 Å². The number of nitrogens with zero attached hydrogens (tertiary/aromatic N) is 2. The van der Waals surface area contributed by atoms with Gasteiger partial charge in [-0.3, -0.25) is 0 Å². The average molecular weight is 400 g/mol. The lowest BCUT2D eigenvalue weighted by molar-refractivity contribution is 0.0593. The van der Waals surface area contributed by atoms with Crippen LogP contribution in [-0.2, 0) is 11.2 Å². The molecule has 1 saturated carbocycles. The van der Waals surface area contributed by atoms with E-state index in [1.165, 1.54) is 23.8 Å². The van der Waals surface area contributed by atoms with E-state index < -0.39 is 5.97 Å². The summed E-state index contributed by atoms with van der Waals surface area (Å²) in [6, 6.07) is 7.98. The number of benzene rings is 1. The Morgan fingerprint density at radius 3 is 2.86 bits per heavy atom. The molecule has 2 N–H and O–H groups in total. The molecule has 0 radical (unpaired) electrons. The van der Waals surface area contributed by atoms with E-state index in [1.54, 1.807) is 0 Å². The van der Waals surface area contributed by atoms with Crippen LogP contribution in [0, 0.1) is 0 Å². The van der Waals surface area contributed by atoms with Crippen LogP contribution in [0.3, 0.4) is 0 Å². The van der Waals surface area contributed by atoms with Crippen LogP contribution in [0.15, 0.2) is 30.3 Å². The smallest absolute Gasteiger partial charge is 0.358 e. The van der Waals surface area contributed by atoms with E-state index in [0.717, 1.165) is 19.3 Å². The number of fused-ring (bicyclic) bond motifs is 1. The highest BCUT2D eigenvalue weighted by molar-refractivity contribution is 6.35. The Balaban J connectivity index is 1.58. The molecule has 1 aromatic heterocycles. The third kappa shape index (κ3) is 3.75. The van der Waals surface area contributed by atoms with Crippen LogP contribution in [0.25, 0.3) is 5.57 Å². The number of hydrogen-bond donors (Lipinski definition) is 2. The zero-order valence-electron chi connectivity index (χ0n) is 15.6. The van der Waals surface area contributed by atoms with Crippen molar-refractivity contribution in [3.63, 3.8) is 0 Å². The van der Waals surface area contributed by atoms with Crippen molar-refractivity contribution in [2.75, 3.05) is 19.0 Å². The Kier molecular flexibility index (Phi) is 5.33. The quantitative estimate of drug-likeness (QED) is 0.692. The predicted molar refractivity (Wildman–Crippen MR) is 108 cm³/mol. The largest absolute Gasteiger partial charge is 0.464 e. The highest BCUT2D eigenvalue weighted by Gasteiger charge is 2.30. The Labute approximate surface area is 168 Å². The first-order valence-electron chi connectivity index (χ1n) is 9.41. The van der Waals surface area contributed by atoms with Gasteiger partial charge in [0.1, 0.15) is 16.7 Å². The molecule has 1 aromatic carbocycles. The first-order chi connectivity index (χ1) is 13.6. The van der Waals surface area contributed by atoms with Crippen molar-refractivity contribution in [3.8, 4) is 0 Å². The van der Waals surface area contributed by atoms with Crippen LogP contribution in [0.5, 0.6) is 0 Å². The molecule has 0 spiro atoms. The summed E-state index contributed by atoms with van der Waals surface area (Å²) in [5.41, 5.74) is 3.75. The lowest BCUT2D eigenvalue weighted by Gasteiger charge is -2.20. The summed E-state index contributed by atoms with van der Waals surface area (Å²) in [6.45, 7) is -0.0911. The molecule has 6 nitrogen and oxygen atoms in total. The minimum Gasteiger partial charge on any atom is -0.464 e. The van der Waals surface area contributed by atoms with Crippen molar-refractivity contribution in [1.29, 1.82) is 0 Å². The number of nitrogens with one attached hydrogen (secondary N) is 1. The van der Waals surface area contributed by atoms with Crippen LogP contribution >= 0.6 is 11.6 Å². The lowest BCUT2D eigenvalue weighted by atomic mass is 10.00. The molecule has 0 aliphatic heterocycles. The highest BCUT2D eigenvalue weighted by Crippen LogP contribution is 2.40. The minimum absolute atomic E-state index is 0.0608. The Morgan fingerprint density at radius 2 is 2.14 bits per heavy atom. The maximum absolute atomic E-state index is 12.1. The number of carbonyl (C=O) groups is 1. The molecule has 1 atom stereocenters. The number of aliphatic hydroxyl groups is 1. The number of esters is 1. The molecule has 28 heavy (non-hydrogen) atoms. The van der Waals surface area contributed by atoms with Gasteiger partial charge in [-0.25, -0.2) is 14.8 Å². The third-order valence-electron chi connectivity index (χ3n) is 5.15. The van der Waals surface area contributed by atoms with Gasteiger partial charge in [-0.1, -0.05) is 41.9 Å². The van der Waals surface area contributed by atoms with E-state index >= 15 is 0 Å². The molecule has 4 rings (SSSR count). The monoisotopic (exact) mass is 399 g/mol. The van der Waals surface area contributed by atoms with Crippen molar-refractivity contribution in [1.82, 2.24) is 9.97 Å². The molecule has 1 fully saturated rings. The minimum atomic E-state index is -0.592. The molecule has 146 valence electrons. The van der Waals surface area contributed by atoms with E-state index in [1.807, 2.05) is 12.1 Å². The summed E-state index contributed by atoms with van der Waals surface area (Å²) in [4.78, 5) is 20.9. The SMILES string of the molecule is COC(=O)c1nc(C2CC2)nc(N[C@H](CO)CC2=CCc3ccccc32)c1Cl. The van der Waals surface area contributed by atoms with Crippen LogP contribution < -0.4 is 5.32 Å². The van der Waals surface area contributed by atoms with Gasteiger partial charge in [0.2, 0.25) is 0 Å². The summed E-state index contributed by atoms with van der Waals surface area (Å²) in [7, 11) is 1.30. The van der Waals surface area contributed by atoms with Gasteiger partial charge >= 0.3 is 5.97 Å². The number of rotatable bonds is 7. The fraction of sp³-hybridized carbons (Fsp3) is 0.381. The Bertz CT molecular complexity index is 940. The molecule has 0 saturated heterocycles. The zero-order valence-corrected chi connectivity index (χ0v) is 16.4. The maximum Gasteiger partial charge on any atom is 0.358 e. The van der Waals surface area contributed by atoms with E-state index in [9.17, 15) is 9.90 Å². The number of carbonyl (C=O) groups excluding carboxylic acids is 1. The molecule has 2 aromatic rings. The lowest BCUT2D eigenvalue weighted by Crippen LogP contribution is -2.26. The van der Waals surface area contributed by atoms with Gasteiger partial charge in [0.15, 0.2) is 5.69 Å². The third-order valence-corrected chi connectivity index (χ3v) is 5.51. The second-order valence-corrected chi connectivity index (χ2v) is 7.56.